The smallest absolute Gasteiger partial charge is 0.387 e. The maximum Gasteiger partial charge on any atom is 0.387 e. The van der Waals surface area contributed by atoms with Crippen LogP contribution < -0.4 is 20.9 Å². The molecule has 1 amide bonds. The van der Waals surface area contributed by atoms with Crippen molar-refractivity contribution in [1.29, 1.82) is 0 Å². The van der Waals surface area contributed by atoms with Gasteiger partial charge in [-0.25, -0.2) is 5.43 Å². The number of hydrogen-bond donors (Lipinski definition) is 3. The molecule has 8 nitrogen and oxygen atoms in total. The normalized spacial score (nSPS) is 28.4. The molecule has 0 radical (unpaired) electrons. The van der Waals surface area contributed by atoms with E-state index in [1.54, 1.807) is 0 Å². The Bertz CT molecular complexity index is 643. The van der Waals surface area contributed by atoms with Crippen molar-refractivity contribution in [2.24, 2.45) is 5.92 Å². The molecule has 0 bridgehead atoms. The molecular weight excluding hydrogens is 338 g/mol. The standard InChI is InChI=1S/C15H18F2N4O4/c16-15(17)25-10-4-1-8(2-5-10)18-14(22)13-11-7-9(21(23)24)3-6-12(11)19-20-13/h1-2,4-5,9,11-13,15,19-20H,3,6-7H2,(H,18,22). The number of alkyl halides is 2. The molecule has 0 spiro atoms. The number of halogens is 2. The van der Waals surface area contributed by atoms with Gasteiger partial charge in [-0.1, -0.05) is 0 Å². The predicted molar refractivity (Wildman–Crippen MR) is 83.7 cm³/mol. The highest BCUT2D eigenvalue weighted by molar-refractivity contribution is 5.95. The molecule has 4 atom stereocenters. The number of nitro groups is 1. The number of hydrazine groups is 1. The summed E-state index contributed by atoms with van der Waals surface area (Å²) in [4.78, 5) is 23.2. The van der Waals surface area contributed by atoms with Crippen LogP contribution in [0.25, 0.3) is 0 Å². The zero-order valence-electron chi connectivity index (χ0n) is 13.2. The Morgan fingerprint density at radius 2 is 2.00 bits per heavy atom. The maximum atomic E-state index is 12.5. The Kier molecular flexibility index (Phi) is 5.09. The number of carbonyl (C=O) groups excluding carboxylic acids is 1. The lowest BCUT2D eigenvalue weighted by Crippen LogP contribution is -2.44. The number of hydrogen-bond acceptors (Lipinski definition) is 6. The minimum Gasteiger partial charge on any atom is -0.435 e. The van der Waals surface area contributed by atoms with E-state index >= 15 is 0 Å². The van der Waals surface area contributed by atoms with Crippen LogP contribution in [0.2, 0.25) is 0 Å². The van der Waals surface area contributed by atoms with E-state index in [2.05, 4.69) is 20.9 Å². The van der Waals surface area contributed by atoms with Crippen LogP contribution in [-0.2, 0) is 4.79 Å². The molecule has 136 valence electrons. The molecular formula is C15H18F2N4O4. The Morgan fingerprint density at radius 3 is 2.64 bits per heavy atom. The number of fused-ring (bicyclic) bond motifs is 1. The number of carbonyl (C=O) groups is 1. The van der Waals surface area contributed by atoms with Gasteiger partial charge in [-0.05, 0) is 30.7 Å². The first-order valence-electron chi connectivity index (χ1n) is 7.94. The van der Waals surface area contributed by atoms with Crippen molar-refractivity contribution in [3.63, 3.8) is 0 Å². The van der Waals surface area contributed by atoms with E-state index in [0.717, 1.165) is 0 Å². The summed E-state index contributed by atoms with van der Waals surface area (Å²) >= 11 is 0. The molecule has 3 rings (SSSR count). The van der Waals surface area contributed by atoms with Crippen LogP contribution in [0.15, 0.2) is 24.3 Å². The molecule has 3 N–H and O–H groups in total. The van der Waals surface area contributed by atoms with Crippen molar-refractivity contribution in [3.8, 4) is 5.75 Å². The van der Waals surface area contributed by atoms with E-state index in [1.165, 1.54) is 24.3 Å². The lowest BCUT2D eigenvalue weighted by molar-refractivity contribution is -0.528. The fourth-order valence-corrected chi connectivity index (χ4v) is 3.42. The molecule has 2 aliphatic rings. The van der Waals surface area contributed by atoms with Crippen LogP contribution in [0.5, 0.6) is 5.75 Å². The molecule has 0 aromatic heterocycles. The van der Waals surface area contributed by atoms with Crippen molar-refractivity contribution >= 4 is 11.6 Å². The summed E-state index contributed by atoms with van der Waals surface area (Å²) in [5.41, 5.74) is 6.36. The summed E-state index contributed by atoms with van der Waals surface area (Å²) in [6.07, 6.45) is 1.45. The molecule has 1 saturated carbocycles. The molecule has 10 heteroatoms. The Balaban J connectivity index is 1.62. The number of rotatable bonds is 5. The molecule has 4 unspecified atom stereocenters. The number of benzene rings is 1. The van der Waals surface area contributed by atoms with Crippen molar-refractivity contribution in [2.45, 2.75) is 44.0 Å². The highest BCUT2D eigenvalue weighted by atomic mass is 19.3. The minimum atomic E-state index is -2.91. The second kappa shape index (κ2) is 7.28. The van der Waals surface area contributed by atoms with Gasteiger partial charge in [-0.2, -0.15) is 8.78 Å². The first-order valence-corrected chi connectivity index (χ1v) is 7.94. The fourth-order valence-electron chi connectivity index (χ4n) is 3.42. The second-order valence-electron chi connectivity index (χ2n) is 6.18. The fraction of sp³-hybridized carbons (Fsp3) is 0.533. The maximum absolute atomic E-state index is 12.5. The van der Waals surface area contributed by atoms with Gasteiger partial charge in [0, 0.05) is 35.4 Å². The predicted octanol–water partition coefficient (Wildman–Crippen LogP) is 1.52. The number of anilines is 1. The summed E-state index contributed by atoms with van der Waals surface area (Å²) in [7, 11) is 0. The zero-order valence-corrected chi connectivity index (χ0v) is 13.2. The van der Waals surface area contributed by atoms with Gasteiger partial charge >= 0.3 is 6.61 Å². The minimum absolute atomic E-state index is 0.00479. The van der Waals surface area contributed by atoms with Gasteiger partial charge < -0.3 is 10.1 Å². The summed E-state index contributed by atoms with van der Waals surface area (Å²) in [6, 6.07) is 4.36. The summed E-state index contributed by atoms with van der Waals surface area (Å²) in [5.74, 6) is -0.507. The average Bonchev–Trinajstić information content (AvgIpc) is 2.99. The van der Waals surface area contributed by atoms with Crippen LogP contribution in [0.3, 0.4) is 0 Å². The monoisotopic (exact) mass is 356 g/mol. The SMILES string of the molecule is O=C(Nc1ccc(OC(F)F)cc1)C1NNC2CCC([N+](=O)[O-])CC21. The van der Waals surface area contributed by atoms with Crippen LogP contribution in [0.4, 0.5) is 14.5 Å². The van der Waals surface area contributed by atoms with Gasteiger partial charge in [0.25, 0.3) is 0 Å². The summed E-state index contributed by atoms with van der Waals surface area (Å²) < 4.78 is 28.5. The third-order valence-corrected chi connectivity index (χ3v) is 4.65. The molecule has 1 aromatic rings. The number of amides is 1. The molecule has 1 heterocycles. The highest BCUT2D eigenvalue weighted by Gasteiger charge is 2.46. The number of ether oxygens (including phenoxy) is 1. The topological polar surface area (TPSA) is 106 Å². The van der Waals surface area contributed by atoms with Crippen LogP contribution in [0.1, 0.15) is 19.3 Å². The van der Waals surface area contributed by atoms with Crippen LogP contribution in [-0.4, -0.2) is 35.6 Å². The van der Waals surface area contributed by atoms with E-state index in [4.69, 9.17) is 0 Å². The second-order valence-corrected chi connectivity index (χ2v) is 6.18. The largest absolute Gasteiger partial charge is 0.435 e. The first-order chi connectivity index (χ1) is 11.9. The molecule has 25 heavy (non-hydrogen) atoms. The third-order valence-electron chi connectivity index (χ3n) is 4.65. The van der Waals surface area contributed by atoms with Gasteiger partial charge in [0.2, 0.25) is 11.9 Å². The van der Waals surface area contributed by atoms with E-state index in [9.17, 15) is 23.7 Å². The van der Waals surface area contributed by atoms with E-state index in [0.29, 0.717) is 24.9 Å². The van der Waals surface area contributed by atoms with Crippen molar-refractivity contribution in [2.75, 3.05) is 5.32 Å². The van der Waals surface area contributed by atoms with Crippen LogP contribution >= 0.6 is 0 Å². The molecule has 1 saturated heterocycles. The highest BCUT2D eigenvalue weighted by Crippen LogP contribution is 2.32. The van der Waals surface area contributed by atoms with Gasteiger partial charge in [0.15, 0.2) is 0 Å². The van der Waals surface area contributed by atoms with E-state index in [1.807, 2.05) is 0 Å². The van der Waals surface area contributed by atoms with Crippen molar-refractivity contribution in [1.82, 2.24) is 10.9 Å². The van der Waals surface area contributed by atoms with E-state index in [-0.39, 0.29) is 28.5 Å². The third kappa shape index (κ3) is 4.02. The summed E-state index contributed by atoms with van der Waals surface area (Å²) in [6.45, 7) is -2.91. The molecule has 1 aliphatic carbocycles. The van der Waals surface area contributed by atoms with Crippen molar-refractivity contribution in [3.05, 3.63) is 34.4 Å². The Labute approximate surface area is 142 Å². The lowest BCUT2D eigenvalue weighted by Gasteiger charge is -2.28. The van der Waals surface area contributed by atoms with Gasteiger partial charge in [0.1, 0.15) is 11.8 Å². The summed E-state index contributed by atoms with van der Waals surface area (Å²) in [5, 5.41) is 13.7. The Morgan fingerprint density at radius 1 is 1.28 bits per heavy atom. The van der Waals surface area contributed by atoms with Crippen molar-refractivity contribution < 1.29 is 23.2 Å². The van der Waals surface area contributed by atoms with Crippen LogP contribution in [0, 0.1) is 16.0 Å². The Hall–Kier alpha value is -2.33. The lowest BCUT2D eigenvalue weighted by atomic mass is 9.79. The molecule has 1 aromatic carbocycles. The number of nitrogens with one attached hydrogen (secondary N) is 3. The quantitative estimate of drug-likeness (QED) is 0.546. The van der Waals surface area contributed by atoms with E-state index < -0.39 is 18.7 Å². The molecule has 2 fully saturated rings. The zero-order chi connectivity index (χ0) is 18.0. The van der Waals surface area contributed by atoms with Gasteiger partial charge in [-0.3, -0.25) is 20.3 Å². The van der Waals surface area contributed by atoms with Gasteiger partial charge in [-0.15, -0.1) is 0 Å². The average molecular weight is 356 g/mol. The first kappa shape index (κ1) is 17.5. The molecule has 1 aliphatic heterocycles. The van der Waals surface area contributed by atoms with Gasteiger partial charge in [0.05, 0.1) is 0 Å². The number of nitrogens with zero attached hydrogens (tertiary/aromatic N) is 1.